The van der Waals surface area contributed by atoms with Crippen molar-refractivity contribution in [2.45, 2.75) is 45.2 Å². The summed E-state index contributed by atoms with van der Waals surface area (Å²) in [6.07, 6.45) is 7.26. The first-order chi connectivity index (χ1) is 14.7. The summed E-state index contributed by atoms with van der Waals surface area (Å²) in [5, 5.41) is 3.45. The molecule has 1 amide bonds. The van der Waals surface area contributed by atoms with Crippen LogP contribution in [-0.4, -0.2) is 33.5 Å². The van der Waals surface area contributed by atoms with Crippen molar-refractivity contribution >= 4 is 22.9 Å². The van der Waals surface area contributed by atoms with Crippen LogP contribution in [-0.2, 0) is 13.0 Å². The molecule has 154 valence electrons. The maximum atomic E-state index is 13.1. The van der Waals surface area contributed by atoms with Crippen molar-refractivity contribution in [2.75, 3.05) is 18.0 Å². The van der Waals surface area contributed by atoms with Crippen LogP contribution in [0.3, 0.4) is 0 Å². The Hall–Kier alpha value is -3.22. The lowest BCUT2D eigenvalue weighted by Crippen LogP contribution is -2.32. The van der Waals surface area contributed by atoms with Crippen LogP contribution < -0.4 is 15.6 Å². The molecule has 1 N–H and O–H groups in total. The number of amides is 1. The zero-order valence-corrected chi connectivity index (χ0v) is 17.1. The quantitative estimate of drug-likeness (QED) is 0.725. The highest BCUT2D eigenvalue weighted by molar-refractivity contribution is 5.97. The summed E-state index contributed by atoms with van der Waals surface area (Å²) < 4.78 is 1.87. The van der Waals surface area contributed by atoms with Crippen LogP contribution >= 0.6 is 0 Å². The van der Waals surface area contributed by atoms with E-state index < -0.39 is 0 Å². The van der Waals surface area contributed by atoms with Gasteiger partial charge < -0.3 is 14.8 Å². The van der Waals surface area contributed by atoms with E-state index in [2.05, 4.69) is 26.3 Å². The first-order valence-corrected chi connectivity index (χ1v) is 10.7. The molecule has 2 aromatic heterocycles. The number of anilines is 1. The number of aromatic nitrogens is 3. The molecule has 0 radical (unpaired) electrons. The minimum atomic E-state index is -0.338. The summed E-state index contributed by atoms with van der Waals surface area (Å²) in [5.74, 6) is 0.316. The van der Waals surface area contributed by atoms with Gasteiger partial charge in [-0.1, -0.05) is 24.3 Å². The largest absolute Gasteiger partial charge is 0.345 e. The Kier molecular flexibility index (Phi) is 4.73. The number of rotatable bonds is 4. The first kappa shape index (κ1) is 18.8. The van der Waals surface area contributed by atoms with Crippen molar-refractivity contribution in [3.63, 3.8) is 0 Å². The van der Waals surface area contributed by atoms with Crippen molar-refractivity contribution in [3.05, 3.63) is 63.6 Å². The van der Waals surface area contributed by atoms with Gasteiger partial charge in [0.15, 0.2) is 0 Å². The second-order valence-electron chi connectivity index (χ2n) is 8.02. The lowest BCUT2D eigenvalue weighted by atomic mass is 10.1. The molecule has 7 nitrogen and oxygen atoms in total. The van der Waals surface area contributed by atoms with E-state index in [-0.39, 0.29) is 22.9 Å². The minimum Gasteiger partial charge on any atom is -0.345 e. The zero-order valence-electron chi connectivity index (χ0n) is 17.1. The van der Waals surface area contributed by atoms with Gasteiger partial charge in [0.2, 0.25) is 11.4 Å². The summed E-state index contributed by atoms with van der Waals surface area (Å²) in [5.41, 5.74) is 2.82. The second-order valence-corrected chi connectivity index (χ2v) is 8.02. The molecule has 0 bridgehead atoms. The van der Waals surface area contributed by atoms with E-state index >= 15 is 0 Å². The fraction of sp³-hybridized carbons (Fsp3) is 0.391. The van der Waals surface area contributed by atoms with Crippen LogP contribution in [0.5, 0.6) is 0 Å². The lowest BCUT2D eigenvalue weighted by Gasteiger charge is -2.18. The number of pyridine rings is 1. The summed E-state index contributed by atoms with van der Waals surface area (Å²) in [6, 6.07) is 8.08. The molecule has 1 fully saturated rings. The van der Waals surface area contributed by atoms with E-state index in [0.717, 1.165) is 44.3 Å². The van der Waals surface area contributed by atoms with Gasteiger partial charge in [0.1, 0.15) is 11.2 Å². The molecule has 1 unspecified atom stereocenters. The van der Waals surface area contributed by atoms with Gasteiger partial charge in [-0.25, -0.2) is 4.98 Å². The molecule has 2 aliphatic rings. The maximum Gasteiger partial charge on any atom is 0.257 e. The molecule has 3 heterocycles. The normalized spacial score (nSPS) is 18.0. The van der Waals surface area contributed by atoms with Crippen LogP contribution in [0.25, 0.3) is 11.0 Å². The zero-order chi connectivity index (χ0) is 20.7. The fourth-order valence-corrected chi connectivity index (χ4v) is 4.58. The smallest absolute Gasteiger partial charge is 0.257 e. The Morgan fingerprint density at radius 3 is 2.83 bits per heavy atom. The highest BCUT2D eigenvalue weighted by atomic mass is 16.2. The average molecular weight is 403 g/mol. The van der Waals surface area contributed by atoms with Gasteiger partial charge in [-0.3, -0.25) is 9.59 Å². The Morgan fingerprint density at radius 2 is 2.03 bits per heavy atom. The maximum absolute atomic E-state index is 13.1. The first-order valence-electron chi connectivity index (χ1n) is 10.7. The van der Waals surface area contributed by atoms with Crippen LogP contribution in [0.1, 0.15) is 53.7 Å². The molecule has 1 atom stereocenters. The van der Waals surface area contributed by atoms with E-state index in [9.17, 15) is 9.59 Å². The number of hydrogen-bond donors (Lipinski definition) is 1. The molecule has 0 saturated carbocycles. The Balaban J connectivity index is 1.50. The van der Waals surface area contributed by atoms with Gasteiger partial charge in [-0.05, 0) is 43.7 Å². The highest BCUT2D eigenvalue weighted by Gasteiger charge is 2.26. The third-order valence-corrected chi connectivity index (χ3v) is 6.21. The standard InChI is InChI=1S/C23H25N5O2/c1-2-27-14-18(22(30)25-19-10-9-15-7-3-4-8-16(15)19)20(29)17-13-24-23(26-21(17)27)28-11-5-6-12-28/h3-4,7-8,13-14,19H,2,5-6,9-12H2,1H3,(H,25,30). The molecular formula is C23H25N5O2. The summed E-state index contributed by atoms with van der Waals surface area (Å²) in [7, 11) is 0. The van der Waals surface area contributed by atoms with Crippen molar-refractivity contribution in [3.8, 4) is 0 Å². The number of nitrogens with one attached hydrogen (secondary N) is 1. The van der Waals surface area contributed by atoms with Crippen LogP contribution in [0.15, 0.2) is 41.5 Å². The summed E-state index contributed by atoms with van der Waals surface area (Å²) in [4.78, 5) is 37.4. The molecule has 1 aliphatic carbocycles. The predicted molar refractivity (Wildman–Crippen MR) is 116 cm³/mol. The minimum absolute atomic E-state index is 0.0623. The predicted octanol–water partition coefficient (Wildman–Crippen LogP) is 2.83. The van der Waals surface area contributed by atoms with Gasteiger partial charge in [-0.2, -0.15) is 4.98 Å². The number of benzene rings is 1. The van der Waals surface area contributed by atoms with Crippen molar-refractivity contribution < 1.29 is 4.79 Å². The number of aryl methyl sites for hydroxylation is 2. The molecule has 0 spiro atoms. The Labute approximate surface area is 174 Å². The number of hydrogen-bond acceptors (Lipinski definition) is 5. The molecule has 5 rings (SSSR count). The van der Waals surface area contributed by atoms with Crippen LogP contribution in [0.2, 0.25) is 0 Å². The average Bonchev–Trinajstić information content (AvgIpc) is 3.44. The third kappa shape index (κ3) is 3.14. The molecule has 3 aromatic rings. The van der Waals surface area contributed by atoms with Crippen LogP contribution in [0, 0.1) is 0 Å². The topological polar surface area (TPSA) is 80.1 Å². The summed E-state index contributed by atoms with van der Waals surface area (Å²) in [6.45, 7) is 4.46. The van der Waals surface area contributed by atoms with Gasteiger partial charge in [-0.15, -0.1) is 0 Å². The Bertz CT molecular complexity index is 1180. The van der Waals surface area contributed by atoms with Crippen molar-refractivity contribution in [1.29, 1.82) is 0 Å². The van der Waals surface area contributed by atoms with Crippen molar-refractivity contribution in [1.82, 2.24) is 19.9 Å². The Morgan fingerprint density at radius 1 is 1.23 bits per heavy atom. The van der Waals surface area contributed by atoms with Gasteiger partial charge in [0.25, 0.3) is 5.91 Å². The van der Waals surface area contributed by atoms with E-state index in [0.29, 0.717) is 23.5 Å². The molecule has 7 heteroatoms. The van der Waals surface area contributed by atoms with E-state index in [1.54, 1.807) is 12.4 Å². The molecular weight excluding hydrogens is 378 g/mol. The molecule has 1 aromatic carbocycles. The van der Waals surface area contributed by atoms with Gasteiger partial charge >= 0.3 is 0 Å². The molecule has 1 saturated heterocycles. The highest BCUT2D eigenvalue weighted by Crippen LogP contribution is 2.30. The third-order valence-electron chi connectivity index (χ3n) is 6.21. The second kappa shape index (κ2) is 7.55. The number of fused-ring (bicyclic) bond motifs is 2. The van der Waals surface area contributed by atoms with Gasteiger partial charge in [0.05, 0.1) is 11.4 Å². The number of nitrogens with zero attached hydrogens (tertiary/aromatic N) is 4. The monoisotopic (exact) mass is 403 g/mol. The SMILES string of the molecule is CCn1cc(C(=O)NC2CCc3ccccc32)c(=O)c2cnc(N3CCCC3)nc21. The molecule has 30 heavy (non-hydrogen) atoms. The van der Waals surface area contributed by atoms with Gasteiger partial charge in [0, 0.05) is 32.0 Å². The van der Waals surface area contributed by atoms with Crippen LogP contribution in [0.4, 0.5) is 5.95 Å². The van der Waals surface area contributed by atoms with E-state index in [1.165, 1.54) is 5.56 Å². The van der Waals surface area contributed by atoms with E-state index in [1.807, 2.05) is 29.7 Å². The summed E-state index contributed by atoms with van der Waals surface area (Å²) >= 11 is 0. The fourth-order valence-electron chi connectivity index (χ4n) is 4.58. The van der Waals surface area contributed by atoms with E-state index in [4.69, 9.17) is 0 Å². The lowest BCUT2D eigenvalue weighted by molar-refractivity contribution is 0.0935. The number of carbonyl (C=O) groups excluding carboxylic acids is 1. The van der Waals surface area contributed by atoms with Crippen molar-refractivity contribution in [2.24, 2.45) is 0 Å². The molecule has 1 aliphatic heterocycles. The number of carbonyl (C=O) groups is 1.